The lowest BCUT2D eigenvalue weighted by atomic mass is 9.94. The SMILES string of the molecule is CC(=O)Oc1cc2c3c4c(ccc5c4c4c(ccc6c4c3c1C6)C5)C2. The molecule has 0 unspecified atom stereocenters. The number of hydrogen-bond donors (Lipinski definition) is 0. The van der Waals surface area contributed by atoms with Crippen molar-refractivity contribution in [3.05, 3.63) is 63.7 Å². The van der Waals surface area contributed by atoms with E-state index in [1.807, 2.05) is 0 Å². The van der Waals surface area contributed by atoms with Crippen molar-refractivity contribution in [2.75, 3.05) is 0 Å². The van der Waals surface area contributed by atoms with Gasteiger partial charge < -0.3 is 4.74 Å². The molecule has 3 aliphatic carbocycles. The first-order chi connectivity index (χ1) is 12.2. The summed E-state index contributed by atoms with van der Waals surface area (Å²) in [5.41, 5.74) is 8.24. The number of esters is 1. The Bertz CT molecular complexity index is 1320. The molecular formula is C23H14O2. The van der Waals surface area contributed by atoms with Gasteiger partial charge in [-0.2, -0.15) is 0 Å². The number of benzene rings is 4. The summed E-state index contributed by atoms with van der Waals surface area (Å²) in [5, 5.41) is 8.60. The van der Waals surface area contributed by atoms with Crippen LogP contribution in [0.5, 0.6) is 5.75 Å². The van der Waals surface area contributed by atoms with Gasteiger partial charge in [0, 0.05) is 18.9 Å². The molecule has 0 spiro atoms. The summed E-state index contributed by atoms with van der Waals surface area (Å²) in [6.45, 7) is 1.49. The summed E-state index contributed by atoms with van der Waals surface area (Å²) >= 11 is 0. The molecule has 0 fully saturated rings. The van der Waals surface area contributed by atoms with E-state index in [0.29, 0.717) is 0 Å². The molecule has 118 valence electrons. The van der Waals surface area contributed by atoms with Crippen LogP contribution in [0.1, 0.15) is 40.3 Å². The summed E-state index contributed by atoms with van der Waals surface area (Å²) < 4.78 is 5.63. The summed E-state index contributed by atoms with van der Waals surface area (Å²) in [4.78, 5) is 11.7. The highest BCUT2D eigenvalue weighted by molar-refractivity contribution is 6.33. The molecule has 7 rings (SSSR count). The minimum absolute atomic E-state index is 0.237. The van der Waals surface area contributed by atoms with Crippen LogP contribution in [-0.4, -0.2) is 5.97 Å². The smallest absolute Gasteiger partial charge is 0.308 e. The second-order valence-electron chi connectivity index (χ2n) is 7.65. The molecule has 0 bridgehead atoms. The van der Waals surface area contributed by atoms with E-state index in [-0.39, 0.29) is 5.97 Å². The van der Waals surface area contributed by atoms with E-state index < -0.39 is 0 Å². The van der Waals surface area contributed by atoms with Crippen molar-refractivity contribution in [1.29, 1.82) is 0 Å². The van der Waals surface area contributed by atoms with E-state index in [9.17, 15) is 4.79 Å². The van der Waals surface area contributed by atoms with E-state index in [1.54, 1.807) is 0 Å². The Kier molecular flexibility index (Phi) is 1.85. The van der Waals surface area contributed by atoms with Gasteiger partial charge in [0.1, 0.15) is 5.75 Å². The first-order valence-electron chi connectivity index (χ1n) is 8.88. The molecule has 0 aliphatic heterocycles. The maximum atomic E-state index is 11.7. The van der Waals surface area contributed by atoms with Crippen LogP contribution >= 0.6 is 0 Å². The van der Waals surface area contributed by atoms with E-state index in [0.717, 1.165) is 25.0 Å². The van der Waals surface area contributed by atoms with Crippen molar-refractivity contribution in [1.82, 2.24) is 0 Å². The van der Waals surface area contributed by atoms with Gasteiger partial charge in [0.25, 0.3) is 0 Å². The third-order valence-electron chi connectivity index (χ3n) is 6.36. The largest absolute Gasteiger partial charge is 0.426 e. The molecule has 0 heterocycles. The van der Waals surface area contributed by atoms with Crippen LogP contribution in [0.3, 0.4) is 0 Å². The zero-order chi connectivity index (χ0) is 16.4. The maximum absolute atomic E-state index is 11.7. The summed E-state index contributed by atoms with van der Waals surface area (Å²) in [6, 6.07) is 11.3. The molecule has 2 nitrogen and oxygen atoms in total. The number of carbonyl (C=O) groups excluding carboxylic acids is 1. The Morgan fingerprint density at radius 1 is 0.720 bits per heavy atom. The molecule has 3 aliphatic rings. The lowest BCUT2D eigenvalue weighted by molar-refractivity contribution is -0.131. The van der Waals surface area contributed by atoms with Crippen molar-refractivity contribution in [2.45, 2.75) is 26.2 Å². The van der Waals surface area contributed by atoms with Crippen LogP contribution in [0.15, 0.2) is 30.3 Å². The predicted molar refractivity (Wildman–Crippen MR) is 98.7 cm³/mol. The zero-order valence-electron chi connectivity index (χ0n) is 13.8. The highest BCUT2D eigenvalue weighted by atomic mass is 16.5. The van der Waals surface area contributed by atoms with Crippen molar-refractivity contribution < 1.29 is 9.53 Å². The van der Waals surface area contributed by atoms with Gasteiger partial charge in [-0.1, -0.05) is 24.3 Å². The molecule has 0 radical (unpaired) electrons. The lowest BCUT2D eigenvalue weighted by Gasteiger charge is -2.11. The Hall–Kier alpha value is -2.87. The van der Waals surface area contributed by atoms with Gasteiger partial charge in [-0.05, 0) is 79.0 Å². The molecule has 25 heavy (non-hydrogen) atoms. The third-order valence-corrected chi connectivity index (χ3v) is 6.36. The standard InChI is InChI=1S/C23H14O2/c1-10(24)25-17-9-15-7-13-3-2-11-6-12-4-5-14-8-16(17)23-21(14)19(12)18(11)20(13)22(15)23/h2-5,9H,6-8H2,1H3. The highest BCUT2D eigenvalue weighted by Gasteiger charge is 2.33. The molecule has 0 atom stereocenters. The lowest BCUT2D eigenvalue weighted by Crippen LogP contribution is -2.04. The zero-order valence-corrected chi connectivity index (χ0v) is 13.8. The minimum Gasteiger partial charge on any atom is -0.426 e. The average Bonchev–Trinajstić information content (AvgIpc) is 3.22. The number of rotatable bonds is 1. The molecular weight excluding hydrogens is 308 g/mol. The molecule has 0 amide bonds. The van der Waals surface area contributed by atoms with Crippen LogP contribution in [0.4, 0.5) is 0 Å². The molecule has 4 aromatic rings. The molecule has 0 saturated heterocycles. The Balaban J connectivity index is 1.83. The molecule has 0 saturated carbocycles. The van der Waals surface area contributed by atoms with Gasteiger partial charge in [-0.15, -0.1) is 0 Å². The van der Waals surface area contributed by atoms with Crippen molar-refractivity contribution in [2.24, 2.45) is 0 Å². The maximum Gasteiger partial charge on any atom is 0.308 e. The molecule has 4 aromatic carbocycles. The fourth-order valence-corrected chi connectivity index (χ4v) is 5.58. The number of hydrogen-bond acceptors (Lipinski definition) is 2. The van der Waals surface area contributed by atoms with E-state index in [4.69, 9.17) is 4.74 Å². The van der Waals surface area contributed by atoms with Gasteiger partial charge >= 0.3 is 5.97 Å². The van der Waals surface area contributed by atoms with Gasteiger partial charge in [-0.25, -0.2) is 0 Å². The first-order valence-corrected chi connectivity index (χ1v) is 8.88. The normalized spacial score (nSPS) is 15.1. The van der Waals surface area contributed by atoms with Crippen LogP contribution in [-0.2, 0) is 24.1 Å². The minimum atomic E-state index is -0.237. The van der Waals surface area contributed by atoms with Crippen molar-refractivity contribution in [3.8, 4) is 5.75 Å². The second-order valence-corrected chi connectivity index (χ2v) is 7.65. The number of ether oxygens (including phenoxy) is 1. The summed E-state index contributed by atoms with van der Waals surface area (Å²) in [5.74, 6) is 0.527. The van der Waals surface area contributed by atoms with Crippen LogP contribution in [0, 0.1) is 0 Å². The molecule has 0 aromatic heterocycles. The monoisotopic (exact) mass is 322 g/mol. The average molecular weight is 322 g/mol. The van der Waals surface area contributed by atoms with Crippen molar-refractivity contribution >= 4 is 38.3 Å². The quantitative estimate of drug-likeness (QED) is 0.247. The Morgan fingerprint density at radius 3 is 1.80 bits per heavy atom. The summed E-state index contributed by atoms with van der Waals surface area (Å²) in [6.07, 6.45) is 2.85. The fraction of sp³-hybridized carbons (Fsp3) is 0.174. The van der Waals surface area contributed by atoms with E-state index in [2.05, 4.69) is 30.3 Å². The Labute approximate surface area is 144 Å². The summed E-state index contributed by atoms with van der Waals surface area (Å²) in [7, 11) is 0. The first kappa shape index (κ1) is 12.5. The van der Waals surface area contributed by atoms with Crippen LogP contribution in [0.25, 0.3) is 32.3 Å². The van der Waals surface area contributed by atoms with E-state index in [1.165, 1.54) is 72.6 Å². The topological polar surface area (TPSA) is 26.3 Å². The predicted octanol–water partition coefficient (Wildman–Crippen LogP) is 4.78. The third kappa shape index (κ3) is 1.23. The van der Waals surface area contributed by atoms with Crippen molar-refractivity contribution in [3.63, 3.8) is 0 Å². The van der Waals surface area contributed by atoms with Crippen LogP contribution < -0.4 is 4.74 Å². The van der Waals surface area contributed by atoms with Gasteiger partial charge in [0.15, 0.2) is 0 Å². The van der Waals surface area contributed by atoms with Gasteiger partial charge in [-0.3, -0.25) is 4.79 Å². The molecule has 0 N–H and O–H groups in total. The second kappa shape index (κ2) is 3.70. The van der Waals surface area contributed by atoms with Gasteiger partial charge in [0.2, 0.25) is 0 Å². The fourth-order valence-electron chi connectivity index (χ4n) is 5.58. The highest BCUT2D eigenvalue weighted by Crippen LogP contribution is 2.54. The van der Waals surface area contributed by atoms with E-state index >= 15 is 0 Å². The van der Waals surface area contributed by atoms with Crippen LogP contribution in [0.2, 0.25) is 0 Å². The Morgan fingerprint density at radius 2 is 1.20 bits per heavy atom. The molecule has 2 heteroatoms. The number of carbonyl (C=O) groups is 1. The van der Waals surface area contributed by atoms with Gasteiger partial charge in [0.05, 0.1) is 0 Å².